The van der Waals surface area contributed by atoms with Gasteiger partial charge in [0.25, 0.3) is 0 Å². The predicted octanol–water partition coefficient (Wildman–Crippen LogP) is 5.71. The van der Waals surface area contributed by atoms with E-state index in [9.17, 15) is 4.39 Å². The molecule has 0 saturated heterocycles. The summed E-state index contributed by atoms with van der Waals surface area (Å²) in [7, 11) is 3.68. The van der Waals surface area contributed by atoms with Gasteiger partial charge in [0.1, 0.15) is 5.75 Å². The minimum Gasteiger partial charge on any atom is -0.453 e. The van der Waals surface area contributed by atoms with E-state index in [1.54, 1.807) is 49.0 Å². The third-order valence-electron chi connectivity index (χ3n) is 4.00. The lowest BCUT2D eigenvalue weighted by atomic mass is 10.2. The van der Waals surface area contributed by atoms with Crippen molar-refractivity contribution < 1.29 is 9.13 Å². The van der Waals surface area contributed by atoms with Crippen LogP contribution in [0.1, 0.15) is 11.8 Å². The number of allylic oxidation sites excluding steroid dienone is 1. The first-order chi connectivity index (χ1) is 12.6. The molecule has 3 aromatic rings. The van der Waals surface area contributed by atoms with Crippen LogP contribution in [0.4, 0.5) is 10.1 Å². The smallest absolute Gasteiger partial charge is 0.167 e. The summed E-state index contributed by atoms with van der Waals surface area (Å²) < 4.78 is 21.0. The van der Waals surface area contributed by atoms with E-state index in [1.807, 2.05) is 31.0 Å². The molecule has 1 aromatic carbocycles. The molecule has 4 nitrogen and oxygen atoms in total. The molecule has 0 spiro atoms. The number of anilines is 1. The van der Waals surface area contributed by atoms with Crippen LogP contribution in [0.25, 0.3) is 15.9 Å². The highest BCUT2D eigenvalue weighted by Crippen LogP contribution is 2.38. The minimum absolute atomic E-state index is 0.181. The molecule has 0 saturated carbocycles. The molecule has 26 heavy (non-hydrogen) atoms. The summed E-state index contributed by atoms with van der Waals surface area (Å²) in [6, 6.07) is 8.55. The van der Waals surface area contributed by atoms with Gasteiger partial charge in [0.15, 0.2) is 11.6 Å². The molecule has 134 valence electrons. The molecule has 1 N–H and O–H groups in total. The highest BCUT2D eigenvalue weighted by molar-refractivity contribution is 7.20. The van der Waals surface area contributed by atoms with E-state index < -0.39 is 5.82 Å². The molecule has 6 heteroatoms. The van der Waals surface area contributed by atoms with Gasteiger partial charge in [-0.25, -0.2) is 4.39 Å². The van der Waals surface area contributed by atoms with Gasteiger partial charge in [0, 0.05) is 38.1 Å². The average molecular weight is 369 g/mol. The van der Waals surface area contributed by atoms with Gasteiger partial charge in [0.05, 0.1) is 20.8 Å². The zero-order chi connectivity index (χ0) is 18.7. The molecular formula is C20H20FN3OS. The molecule has 2 heterocycles. The monoisotopic (exact) mass is 369 g/mol. The van der Waals surface area contributed by atoms with E-state index in [0.717, 1.165) is 20.8 Å². The van der Waals surface area contributed by atoms with Crippen molar-refractivity contribution in [1.82, 2.24) is 9.88 Å². The molecule has 0 radical (unpaired) electrons. The standard InChI is InChI=1S/C20H20FN3OS/c1-5-16(24(4)6-2)19-12-15-20(26-19)18(9-10-23-15)25-17-8-7-13(22-3)11-14(17)21/h5-12,22H,2H2,1,3-4H3/b16-5-. The molecule has 0 unspecified atom stereocenters. The number of aromatic nitrogens is 1. The Morgan fingerprint density at radius 2 is 2.12 bits per heavy atom. The second-order valence-corrected chi connectivity index (χ2v) is 6.65. The Morgan fingerprint density at radius 3 is 2.77 bits per heavy atom. The van der Waals surface area contributed by atoms with E-state index in [4.69, 9.17) is 4.74 Å². The predicted molar refractivity (Wildman–Crippen MR) is 107 cm³/mol. The van der Waals surface area contributed by atoms with Crippen molar-refractivity contribution in [2.45, 2.75) is 6.92 Å². The maximum absolute atomic E-state index is 14.3. The Hall–Kier alpha value is -2.86. The molecule has 0 atom stereocenters. The molecule has 0 aliphatic heterocycles. The van der Waals surface area contributed by atoms with Crippen molar-refractivity contribution >= 4 is 32.9 Å². The maximum Gasteiger partial charge on any atom is 0.167 e. The highest BCUT2D eigenvalue weighted by Gasteiger charge is 2.14. The summed E-state index contributed by atoms with van der Waals surface area (Å²) in [4.78, 5) is 7.40. The van der Waals surface area contributed by atoms with Crippen LogP contribution in [0.15, 0.2) is 55.4 Å². The van der Waals surface area contributed by atoms with E-state index in [0.29, 0.717) is 11.4 Å². The van der Waals surface area contributed by atoms with Crippen LogP contribution in [-0.2, 0) is 0 Å². The largest absolute Gasteiger partial charge is 0.453 e. The van der Waals surface area contributed by atoms with Crippen LogP contribution in [0.3, 0.4) is 0 Å². The van der Waals surface area contributed by atoms with Crippen molar-refractivity contribution in [1.29, 1.82) is 0 Å². The molecule has 0 fully saturated rings. The number of fused-ring (bicyclic) bond motifs is 1. The van der Waals surface area contributed by atoms with Gasteiger partial charge in [0.2, 0.25) is 0 Å². The topological polar surface area (TPSA) is 37.4 Å². The number of benzene rings is 1. The first-order valence-corrected chi connectivity index (χ1v) is 8.94. The van der Waals surface area contributed by atoms with Crippen LogP contribution >= 0.6 is 11.3 Å². The van der Waals surface area contributed by atoms with Gasteiger partial charge in [-0.2, -0.15) is 0 Å². The Balaban J connectivity index is 2.01. The van der Waals surface area contributed by atoms with E-state index in [2.05, 4.69) is 16.9 Å². The molecule has 0 bridgehead atoms. The second-order valence-electron chi connectivity index (χ2n) is 5.60. The van der Waals surface area contributed by atoms with Crippen LogP contribution < -0.4 is 10.1 Å². The minimum atomic E-state index is -0.417. The number of ether oxygens (including phenoxy) is 1. The number of nitrogens with zero attached hydrogens (tertiary/aromatic N) is 2. The first-order valence-electron chi connectivity index (χ1n) is 8.13. The third-order valence-corrected chi connectivity index (χ3v) is 5.16. The number of hydrogen-bond acceptors (Lipinski definition) is 5. The Kier molecular flexibility index (Phi) is 5.23. The van der Waals surface area contributed by atoms with Crippen molar-refractivity contribution in [2.75, 3.05) is 19.4 Å². The van der Waals surface area contributed by atoms with E-state index in [-0.39, 0.29) is 5.75 Å². The molecule has 3 rings (SSSR count). The Labute approximate surface area is 156 Å². The number of rotatable bonds is 6. The summed E-state index contributed by atoms with van der Waals surface area (Å²) in [5.41, 5.74) is 2.53. The van der Waals surface area contributed by atoms with Crippen LogP contribution in [-0.4, -0.2) is 24.0 Å². The molecule has 0 aliphatic carbocycles. The van der Waals surface area contributed by atoms with Gasteiger partial charge in [-0.1, -0.05) is 12.7 Å². The SMILES string of the molecule is C=CN(C)/C(=C\C)c1cc2nccc(Oc3ccc(NC)cc3F)c2s1. The third kappa shape index (κ3) is 3.41. The number of halogens is 1. The fourth-order valence-corrected chi connectivity index (χ4v) is 3.78. The van der Waals surface area contributed by atoms with E-state index >= 15 is 0 Å². The zero-order valence-corrected chi connectivity index (χ0v) is 15.7. The van der Waals surface area contributed by atoms with Gasteiger partial charge >= 0.3 is 0 Å². The number of hydrogen-bond donors (Lipinski definition) is 1. The van der Waals surface area contributed by atoms with Crippen molar-refractivity contribution in [3.8, 4) is 11.5 Å². The van der Waals surface area contributed by atoms with Crippen molar-refractivity contribution in [2.24, 2.45) is 0 Å². The summed E-state index contributed by atoms with van der Waals surface area (Å²) >= 11 is 1.55. The van der Waals surface area contributed by atoms with Crippen LogP contribution in [0.5, 0.6) is 11.5 Å². The van der Waals surface area contributed by atoms with Crippen LogP contribution in [0, 0.1) is 5.82 Å². The number of pyridine rings is 1. The molecule has 2 aromatic heterocycles. The lowest BCUT2D eigenvalue weighted by Gasteiger charge is -2.15. The first kappa shape index (κ1) is 17.9. The summed E-state index contributed by atoms with van der Waals surface area (Å²) in [6.07, 6.45) is 5.44. The number of nitrogens with one attached hydrogen (secondary N) is 1. The van der Waals surface area contributed by atoms with Gasteiger partial charge in [-0.15, -0.1) is 11.3 Å². The lowest BCUT2D eigenvalue weighted by Crippen LogP contribution is -2.06. The highest BCUT2D eigenvalue weighted by atomic mass is 32.1. The quantitative estimate of drug-likeness (QED) is 0.604. The van der Waals surface area contributed by atoms with Crippen LogP contribution in [0.2, 0.25) is 0 Å². The Bertz CT molecular complexity index is 980. The summed E-state index contributed by atoms with van der Waals surface area (Å²) in [6.45, 7) is 5.78. The molecular weight excluding hydrogens is 349 g/mol. The lowest BCUT2D eigenvalue weighted by molar-refractivity contribution is 0.447. The maximum atomic E-state index is 14.3. The van der Waals surface area contributed by atoms with Gasteiger partial charge < -0.3 is 15.0 Å². The van der Waals surface area contributed by atoms with Gasteiger partial charge in [-0.3, -0.25) is 4.98 Å². The van der Waals surface area contributed by atoms with Crippen molar-refractivity contribution in [3.63, 3.8) is 0 Å². The van der Waals surface area contributed by atoms with E-state index in [1.165, 1.54) is 6.07 Å². The fraction of sp³-hybridized carbons (Fsp3) is 0.150. The average Bonchev–Trinajstić information content (AvgIpc) is 3.08. The Morgan fingerprint density at radius 1 is 1.31 bits per heavy atom. The summed E-state index contributed by atoms with van der Waals surface area (Å²) in [5, 5.41) is 2.90. The molecule has 0 amide bonds. The van der Waals surface area contributed by atoms with Gasteiger partial charge in [-0.05, 0) is 31.3 Å². The summed E-state index contributed by atoms with van der Waals surface area (Å²) in [5.74, 6) is 0.346. The second kappa shape index (κ2) is 7.58. The normalized spacial score (nSPS) is 11.5. The number of thiophene rings is 1. The molecule has 0 aliphatic rings. The van der Waals surface area contributed by atoms with Crippen molar-refractivity contribution in [3.05, 3.63) is 66.1 Å². The zero-order valence-electron chi connectivity index (χ0n) is 14.9. The fourth-order valence-electron chi connectivity index (χ4n) is 2.60.